The van der Waals surface area contributed by atoms with Crippen molar-refractivity contribution < 1.29 is 0 Å². The highest BCUT2D eigenvalue weighted by atomic mass is 15.3. The van der Waals surface area contributed by atoms with Gasteiger partial charge in [-0.05, 0) is 45.7 Å². The molecule has 2 aromatic rings. The predicted molar refractivity (Wildman–Crippen MR) is 91.6 cm³/mol. The molecule has 0 bridgehead atoms. The lowest BCUT2D eigenvalue weighted by Gasteiger charge is -2.32. The smallest absolute Gasteiger partial charge is 0.225 e. The fraction of sp³-hybridized carbons (Fsp3) is 0.588. The van der Waals surface area contributed by atoms with Gasteiger partial charge in [0.05, 0.1) is 6.33 Å². The fourth-order valence-electron chi connectivity index (χ4n) is 3.12. The van der Waals surface area contributed by atoms with Crippen molar-refractivity contribution in [2.75, 3.05) is 24.5 Å². The van der Waals surface area contributed by atoms with E-state index >= 15 is 0 Å². The summed E-state index contributed by atoms with van der Waals surface area (Å²) >= 11 is 0. The highest BCUT2D eigenvalue weighted by Gasteiger charge is 2.20. The molecule has 3 rings (SSSR count). The minimum Gasteiger partial charge on any atom is -0.341 e. The van der Waals surface area contributed by atoms with E-state index in [4.69, 9.17) is 0 Å². The quantitative estimate of drug-likeness (QED) is 0.826. The van der Waals surface area contributed by atoms with Gasteiger partial charge in [0, 0.05) is 49.5 Å². The lowest BCUT2D eigenvalue weighted by Crippen LogP contribution is -2.43. The zero-order chi connectivity index (χ0) is 16.1. The normalized spacial score (nSPS) is 16.0. The molecule has 1 saturated heterocycles. The molecule has 0 aromatic carbocycles. The molecule has 0 spiro atoms. The van der Waals surface area contributed by atoms with E-state index in [1.807, 2.05) is 38.6 Å². The van der Waals surface area contributed by atoms with Crippen molar-refractivity contribution in [1.29, 1.82) is 0 Å². The van der Waals surface area contributed by atoms with Crippen molar-refractivity contribution in [1.82, 2.24) is 24.8 Å². The molecule has 6 heteroatoms. The largest absolute Gasteiger partial charge is 0.341 e. The van der Waals surface area contributed by atoms with Gasteiger partial charge in [-0.1, -0.05) is 0 Å². The van der Waals surface area contributed by atoms with Gasteiger partial charge in [0.1, 0.15) is 0 Å². The van der Waals surface area contributed by atoms with Gasteiger partial charge >= 0.3 is 0 Å². The zero-order valence-corrected chi connectivity index (χ0v) is 14.1. The number of hydrogen-bond donors (Lipinski definition) is 1. The first kappa shape index (κ1) is 15.9. The van der Waals surface area contributed by atoms with Crippen LogP contribution >= 0.6 is 0 Å². The van der Waals surface area contributed by atoms with Crippen molar-refractivity contribution >= 4 is 5.95 Å². The Bertz CT molecular complexity index is 581. The molecule has 23 heavy (non-hydrogen) atoms. The van der Waals surface area contributed by atoms with Crippen LogP contribution in [0.1, 0.15) is 30.7 Å². The SMILES string of the molecule is Cc1cc(C)nc(N2CCC(NCCCn3ccnc3)CC2)n1. The number of nitrogens with one attached hydrogen (secondary N) is 1. The van der Waals surface area contributed by atoms with E-state index in [9.17, 15) is 0 Å². The average Bonchev–Trinajstić information content (AvgIpc) is 3.04. The van der Waals surface area contributed by atoms with Crippen LogP contribution in [0.25, 0.3) is 0 Å². The minimum absolute atomic E-state index is 0.611. The highest BCUT2D eigenvalue weighted by Crippen LogP contribution is 2.17. The maximum absolute atomic E-state index is 4.57. The number of anilines is 1. The Morgan fingerprint density at radius 2 is 1.91 bits per heavy atom. The molecule has 0 radical (unpaired) electrons. The Morgan fingerprint density at radius 1 is 1.17 bits per heavy atom. The molecule has 1 N–H and O–H groups in total. The number of aryl methyl sites for hydroxylation is 3. The van der Waals surface area contributed by atoms with Crippen LogP contribution in [0.4, 0.5) is 5.95 Å². The Morgan fingerprint density at radius 3 is 2.57 bits per heavy atom. The van der Waals surface area contributed by atoms with Crippen molar-refractivity contribution in [3.8, 4) is 0 Å². The van der Waals surface area contributed by atoms with Crippen molar-refractivity contribution in [3.63, 3.8) is 0 Å². The molecule has 0 unspecified atom stereocenters. The average molecular weight is 314 g/mol. The van der Waals surface area contributed by atoms with Crippen LogP contribution in [0.15, 0.2) is 24.8 Å². The third kappa shape index (κ3) is 4.51. The van der Waals surface area contributed by atoms with Crippen LogP contribution in [0.3, 0.4) is 0 Å². The lowest BCUT2D eigenvalue weighted by atomic mass is 10.1. The Kier molecular flexibility index (Phi) is 5.23. The first-order chi connectivity index (χ1) is 11.2. The lowest BCUT2D eigenvalue weighted by molar-refractivity contribution is 0.404. The molecule has 3 heterocycles. The Hall–Kier alpha value is -1.95. The van der Waals surface area contributed by atoms with Crippen LogP contribution in [0.5, 0.6) is 0 Å². The molecular weight excluding hydrogens is 288 g/mol. The first-order valence-corrected chi connectivity index (χ1v) is 8.47. The number of imidazole rings is 1. The van der Waals surface area contributed by atoms with Gasteiger partial charge in [0.25, 0.3) is 0 Å². The molecule has 0 amide bonds. The number of rotatable bonds is 6. The Balaban J connectivity index is 1.39. The predicted octanol–water partition coefficient (Wildman–Crippen LogP) is 1.94. The molecule has 124 valence electrons. The monoisotopic (exact) mass is 314 g/mol. The molecule has 0 saturated carbocycles. The van der Waals surface area contributed by atoms with Crippen LogP contribution in [0.2, 0.25) is 0 Å². The van der Waals surface area contributed by atoms with Gasteiger partial charge in [-0.15, -0.1) is 0 Å². The van der Waals surface area contributed by atoms with E-state index in [1.54, 1.807) is 0 Å². The van der Waals surface area contributed by atoms with Gasteiger partial charge in [-0.2, -0.15) is 0 Å². The van der Waals surface area contributed by atoms with E-state index < -0.39 is 0 Å². The summed E-state index contributed by atoms with van der Waals surface area (Å²) in [5.74, 6) is 0.890. The van der Waals surface area contributed by atoms with Crippen LogP contribution < -0.4 is 10.2 Å². The van der Waals surface area contributed by atoms with E-state index in [2.05, 4.69) is 29.7 Å². The standard InChI is InChI=1S/C17H26N6/c1-14-12-15(2)21-17(20-14)23-9-4-16(5-10-23)19-6-3-8-22-11-7-18-13-22/h7,11-13,16,19H,3-6,8-10H2,1-2H3. The molecule has 1 aliphatic heterocycles. The Labute approximate surface area is 138 Å². The number of aromatic nitrogens is 4. The summed E-state index contributed by atoms with van der Waals surface area (Å²) in [4.78, 5) is 15.5. The third-order valence-corrected chi connectivity index (χ3v) is 4.33. The molecule has 2 aromatic heterocycles. The minimum atomic E-state index is 0.611. The van der Waals surface area contributed by atoms with E-state index in [-0.39, 0.29) is 0 Å². The summed E-state index contributed by atoms with van der Waals surface area (Å²) < 4.78 is 2.13. The van der Waals surface area contributed by atoms with Crippen LogP contribution in [0, 0.1) is 13.8 Å². The summed E-state index contributed by atoms with van der Waals surface area (Å²) in [6.45, 7) is 8.22. The van der Waals surface area contributed by atoms with Crippen molar-refractivity contribution in [2.45, 2.75) is 45.7 Å². The zero-order valence-electron chi connectivity index (χ0n) is 14.1. The second-order valence-corrected chi connectivity index (χ2v) is 6.32. The first-order valence-electron chi connectivity index (χ1n) is 8.47. The summed E-state index contributed by atoms with van der Waals surface area (Å²) in [5.41, 5.74) is 2.10. The maximum Gasteiger partial charge on any atom is 0.225 e. The second-order valence-electron chi connectivity index (χ2n) is 6.32. The molecule has 6 nitrogen and oxygen atoms in total. The summed E-state index contributed by atoms with van der Waals surface area (Å²) in [5, 5.41) is 3.68. The van der Waals surface area contributed by atoms with Gasteiger partial charge < -0.3 is 14.8 Å². The van der Waals surface area contributed by atoms with Crippen molar-refractivity contribution in [3.05, 3.63) is 36.2 Å². The number of hydrogen-bond acceptors (Lipinski definition) is 5. The molecule has 0 aliphatic carbocycles. The molecule has 0 atom stereocenters. The second kappa shape index (κ2) is 7.55. The number of piperidine rings is 1. The molecule has 1 aliphatic rings. The van der Waals surface area contributed by atoms with Gasteiger partial charge in [-0.25, -0.2) is 15.0 Å². The summed E-state index contributed by atoms with van der Waals surface area (Å²) in [6.07, 6.45) is 9.17. The topological polar surface area (TPSA) is 58.9 Å². The van der Waals surface area contributed by atoms with Gasteiger partial charge in [0.15, 0.2) is 0 Å². The number of nitrogens with zero attached hydrogens (tertiary/aromatic N) is 5. The van der Waals surface area contributed by atoms with Gasteiger partial charge in [-0.3, -0.25) is 0 Å². The maximum atomic E-state index is 4.57. The van der Waals surface area contributed by atoms with Crippen LogP contribution in [-0.4, -0.2) is 45.2 Å². The molecular formula is C17H26N6. The summed E-state index contributed by atoms with van der Waals surface area (Å²) in [7, 11) is 0. The summed E-state index contributed by atoms with van der Waals surface area (Å²) in [6, 6.07) is 2.64. The fourth-order valence-corrected chi connectivity index (χ4v) is 3.12. The van der Waals surface area contributed by atoms with E-state index in [0.717, 1.165) is 62.8 Å². The van der Waals surface area contributed by atoms with Crippen molar-refractivity contribution in [2.24, 2.45) is 0 Å². The highest BCUT2D eigenvalue weighted by molar-refractivity contribution is 5.32. The van der Waals surface area contributed by atoms with E-state index in [0.29, 0.717) is 6.04 Å². The molecule has 1 fully saturated rings. The van der Waals surface area contributed by atoms with Crippen LogP contribution in [-0.2, 0) is 6.54 Å². The third-order valence-electron chi connectivity index (χ3n) is 4.33. The van der Waals surface area contributed by atoms with E-state index in [1.165, 1.54) is 0 Å². The van der Waals surface area contributed by atoms with Gasteiger partial charge in [0.2, 0.25) is 5.95 Å².